The Hall–Kier alpha value is -0.123. The van der Waals surface area contributed by atoms with Crippen molar-refractivity contribution in [2.75, 3.05) is 6.61 Å². The predicted octanol–water partition coefficient (Wildman–Crippen LogP) is 6.17. The second-order valence-corrected chi connectivity index (χ2v) is 13.7. The van der Waals surface area contributed by atoms with E-state index in [0.29, 0.717) is 22.5 Å². The Balaban J connectivity index is 5.78. The lowest BCUT2D eigenvalue weighted by Crippen LogP contribution is -2.51. The molecule has 3 atom stereocenters. The third-order valence-electron chi connectivity index (χ3n) is 5.48. The summed E-state index contributed by atoms with van der Waals surface area (Å²) in [7, 11) is -1.95. The van der Waals surface area contributed by atoms with Gasteiger partial charge >= 0.3 is 0 Å². The Bertz CT molecular complexity index is 339. The molecule has 0 saturated heterocycles. The smallest absolute Gasteiger partial charge is 0.201 e. The van der Waals surface area contributed by atoms with E-state index in [1.54, 1.807) is 0 Å². The zero-order chi connectivity index (χ0) is 18.4. The summed E-state index contributed by atoms with van der Waals surface area (Å²) < 4.78 is 6.99. The van der Waals surface area contributed by atoms with E-state index in [9.17, 15) is 5.11 Å². The maximum atomic E-state index is 9.77. The van der Waals surface area contributed by atoms with Gasteiger partial charge in [0, 0.05) is 12.5 Å². The monoisotopic (exact) mass is 342 g/mol. The van der Waals surface area contributed by atoms with E-state index in [4.69, 9.17) is 4.43 Å². The van der Waals surface area contributed by atoms with E-state index < -0.39 is 8.32 Å². The summed E-state index contributed by atoms with van der Waals surface area (Å²) in [6, 6.07) is 0. The Morgan fingerprint density at radius 1 is 0.957 bits per heavy atom. The lowest BCUT2D eigenvalue weighted by Gasteiger charge is -2.46. The third-order valence-corrected chi connectivity index (χ3v) is 11.6. The largest absolute Gasteiger partial charge is 0.409 e. The fraction of sp³-hybridized carbons (Fsp3) is 0.900. The van der Waals surface area contributed by atoms with Crippen molar-refractivity contribution in [2.24, 2.45) is 11.8 Å². The van der Waals surface area contributed by atoms with Crippen LogP contribution in [0.15, 0.2) is 11.6 Å². The Labute approximate surface area is 146 Å². The number of hydrogen-bond acceptors (Lipinski definition) is 2. The molecule has 0 saturated carbocycles. The van der Waals surface area contributed by atoms with Crippen molar-refractivity contribution < 1.29 is 9.53 Å². The van der Waals surface area contributed by atoms with E-state index in [1.165, 1.54) is 5.57 Å². The van der Waals surface area contributed by atoms with Crippen LogP contribution in [0.4, 0.5) is 0 Å². The molecular formula is C20H42O2Si. The molecule has 0 aliphatic rings. The van der Waals surface area contributed by atoms with Gasteiger partial charge in [-0.05, 0) is 35.0 Å². The second kappa shape index (κ2) is 10.0. The van der Waals surface area contributed by atoms with Crippen LogP contribution in [0.25, 0.3) is 0 Å². The third kappa shape index (κ3) is 5.72. The first-order valence-corrected chi connectivity index (χ1v) is 11.6. The molecule has 0 bridgehead atoms. The molecule has 23 heavy (non-hydrogen) atoms. The van der Waals surface area contributed by atoms with Gasteiger partial charge in [0.2, 0.25) is 8.32 Å². The van der Waals surface area contributed by atoms with Gasteiger partial charge in [-0.1, -0.05) is 74.8 Å². The maximum Gasteiger partial charge on any atom is 0.201 e. The highest BCUT2D eigenvalue weighted by Gasteiger charge is 2.47. The molecule has 0 spiro atoms. The van der Waals surface area contributed by atoms with Gasteiger partial charge in [0.05, 0.1) is 6.10 Å². The summed E-state index contributed by atoms with van der Waals surface area (Å²) in [5.41, 5.74) is 2.98. The quantitative estimate of drug-likeness (QED) is 0.380. The molecule has 138 valence electrons. The van der Waals surface area contributed by atoms with Crippen LogP contribution in [0.5, 0.6) is 0 Å². The van der Waals surface area contributed by atoms with Crippen LogP contribution < -0.4 is 0 Å². The van der Waals surface area contributed by atoms with Crippen LogP contribution in [0.2, 0.25) is 16.6 Å². The minimum absolute atomic E-state index is 0.0351. The molecule has 0 aliphatic carbocycles. The summed E-state index contributed by atoms with van der Waals surface area (Å²) in [6.07, 6.45) is 3.52. The minimum atomic E-state index is -1.95. The predicted molar refractivity (Wildman–Crippen MR) is 105 cm³/mol. The number of rotatable bonds is 10. The van der Waals surface area contributed by atoms with Crippen LogP contribution in [-0.2, 0) is 4.43 Å². The number of aliphatic hydroxyl groups is 1. The van der Waals surface area contributed by atoms with E-state index in [-0.39, 0.29) is 18.6 Å². The average Bonchev–Trinajstić information content (AvgIpc) is 2.45. The van der Waals surface area contributed by atoms with E-state index >= 15 is 0 Å². The molecule has 0 amide bonds. The van der Waals surface area contributed by atoms with Gasteiger partial charge in [0.15, 0.2) is 0 Å². The SMILES string of the molecule is CC[C@H](C)/C=C(\C)[C@H](O[Si](C(C)C)(C(C)C)C(C)C)[C@H](C)CO. The summed E-state index contributed by atoms with van der Waals surface area (Å²) in [5, 5.41) is 9.77. The molecule has 2 nitrogen and oxygen atoms in total. The molecule has 0 unspecified atom stereocenters. The van der Waals surface area contributed by atoms with Crippen molar-refractivity contribution in [3.8, 4) is 0 Å². The Morgan fingerprint density at radius 2 is 1.39 bits per heavy atom. The molecular weight excluding hydrogens is 300 g/mol. The van der Waals surface area contributed by atoms with Crippen molar-refractivity contribution in [1.29, 1.82) is 0 Å². The zero-order valence-electron chi connectivity index (χ0n) is 17.3. The summed E-state index contributed by atoms with van der Waals surface area (Å²) in [4.78, 5) is 0. The maximum absolute atomic E-state index is 9.77. The first kappa shape index (κ1) is 22.9. The van der Waals surface area contributed by atoms with Gasteiger partial charge in [-0.15, -0.1) is 0 Å². The van der Waals surface area contributed by atoms with Crippen molar-refractivity contribution >= 4 is 8.32 Å². The highest BCUT2D eigenvalue weighted by atomic mass is 28.4. The van der Waals surface area contributed by atoms with Gasteiger partial charge in [0.1, 0.15) is 0 Å². The molecule has 0 heterocycles. The van der Waals surface area contributed by atoms with Gasteiger partial charge in [-0.25, -0.2) is 0 Å². The van der Waals surface area contributed by atoms with E-state index in [0.717, 1.165) is 6.42 Å². The molecule has 0 aromatic rings. The fourth-order valence-electron chi connectivity index (χ4n) is 4.04. The average molecular weight is 343 g/mol. The van der Waals surface area contributed by atoms with Crippen molar-refractivity contribution in [3.05, 3.63) is 11.6 Å². The molecule has 0 aliphatic heterocycles. The Morgan fingerprint density at radius 3 is 1.70 bits per heavy atom. The first-order valence-electron chi connectivity index (χ1n) is 9.51. The number of hydrogen-bond donors (Lipinski definition) is 1. The van der Waals surface area contributed by atoms with E-state index in [1.807, 2.05) is 0 Å². The van der Waals surface area contributed by atoms with Crippen LogP contribution in [0, 0.1) is 11.8 Å². The topological polar surface area (TPSA) is 29.5 Å². The van der Waals surface area contributed by atoms with Crippen molar-refractivity contribution in [2.45, 2.75) is 98.4 Å². The van der Waals surface area contributed by atoms with Crippen molar-refractivity contribution in [1.82, 2.24) is 0 Å². The minimum Gasteiger partial charge on any atom is -0.409 e. The van der Waals surface area contributed by atoms with Crippen molar-refractivity contribution in [3.63, 3.8) is 0 Å². The van der Waals surface area contributed by atoms with Gasteiger partial charge < -0.3 is 9.53 Å². The van der Waals surface area contributed by atoms with Gasteiger partial charge in [0.25, 0.3) is 0 Å². The summed E-state index contributed by atoms with van der Waals surface area (Å²) >= 11 is 0. The normalized spacial score (nSPS) is 17.9. The lowest BCUT2D eigenvalue weighted by atomic mass is 9.95. The summed E-state index contributed by atoms with van der Waals surface area (Å²) in [6.45, 7) is 22.9. The molecule has 0 fully saturated rings. The Kier molecular flexibility index (Phi) is 9.95. The second-order valence-electron chi connectivity index (χ2n) is 8.31. The van der Waals surface area contributed by atoms with Crippen LogP contribution in [0.1, 0.15) is 75.7 Å². The molecule has 3 heteroatoms. The van der Waals surface area contributed by atoms with Crippen LogP contribution in [0.3, 0.4) is 0 Å². The highest BCUT2D eigenvalue weighted by Crippen LogP contribution is 2.44. The zero-order valence-corrected chi connectivity index (χ0v) is 18.3. The summed E-state index contributed by atoms with van der Waals surface area (Å²) in [5.74, 6) is 0.693. The van der Waals surface area contributed by atoms with E-state index in [2.05, 4.69) is 75.3 Å². The highest BCUT2D eigenvalue weighted by molar-refractivity contribution is 6.77. The van der Waals surface area contributed by atoms with Crippen LogP contribution >= 0.6 is 0 Å². The van der Waals surface area contributed by atoms with Crippen LogP contribution in [-0.4, -0.2) is 26.1 Å². The van der Waals surface area contributed by atoms with Gasteiger partial charge in [-0.3, -0.25) is 0 Å². The first-order chi connectivity index (χ1) is 10.5. The van der Waals surface area contributed by atoms with Gasteiger partial charge in [-0.2, -0.15) is 0 Å². The number of allylic oxidation sites excluding steroid dienone is 1. The molecule has 0 rings (SSSR count). The fourth-order valence-corrected chi connectivity index (χ4v) is 9.72. The molecule has 0 radical (unpaired) electrons. The number of aliphatic hydroxyl groups excluding tert-OH is 1. The lowest BCUT2D eigenvalue weighted by molar-refractivity contribution is 0.105. The standard InChI is InChI=1S/C20H42O2Si/c1-11-17(8)12-18(9)20(19(10)13-21)22-23(14(2)3,15(4)5)16(6)7/h12,14-17,19-21H,11,13H2,1-10H3/b18-12+/t17-,19+,20-/m0/s1. The molecule has 0 aromatic carbocycles. The molecule has 1 N–H and O–H groups in total. The molecule has 0 aromatic heterocycles.